The van der Waals surface area contributed by atoms with Crippen LogP contribution in [0.2, 0.25) is 0 Å². The zero-order valence-electron chi connectivity index (χ0n) is 17.7. The van der Waals surface area contributed by atoms with Gasteiger partial charge in [0.05, 0.1) is 6.20 Å². The fourth-order valence-electron chi connectivity index (χ4n) is 4.07. The van der Waals surface area contributed by atoms with E-state index in [0.717, 1.165) is 51.9 Å². The molecule has 0 spiro atoms. The Morgan fingerprint density at radius 1 is 1.00 bits per heavy atom. The lowest BCUT2D eigenvalue weighted by molar-refractivity contribution is 0.101. The van der Waals surface area contributed by atoms with E-state index in [4.69, 9.17) is 4.52 Å². The highest BCUT2D eigenvalue weighted by Gasteiger charge is 2.25. The van der Waals surface area contributed by atoms with Crippen molar-refractivity contribution in [3.63, 3.8) is 0 Å². The summed E-state index contributed by atoms with van der Waals surface area (Å²) in [5.41, 5.74) is 5.70. The number of nitrogens with zero attached hydrogens (tertiary/aromatic N) is 4. The molecule has 1 fully saturated rings. The quantitative estimate of drug-likeness (QED) is 0.392. The predicted octanol–water partition coefficient (Wildman–Crippen LogP) is 5.19. The van der Waals surface area contributed by atoms with E-state index < -0.39 is 0 Å². The molecule has 0 atom stereocenters. The molecule has 33 heavy (non-hydrogen) atoms. The number of aromatic amines is 1. The molecule has 0 unspecified atom stereocenters. The summed E-state index contributed by atoms with van der Waals surface area (Å²) in [6.45, 7) is 0. The van der Waals surface area contributed by atoms with Crippen molar-refractivity contribution in [2.24, 2.45) is 0 Å². The van der Waals surface area contributed by atoms with Gasteiger partial charge in [0, 0.05) is 52.8 Å². The standard InChI is InChI=1S/C25H20N6O2/c32-25(22-11-23(33-31-22)16-2-1-3-16)29-19-6-4-15(5-7-19)17-10-18(13-26-12-17)20-8-9-27-24-21(20)14-28-30-24/h4-14,16H,1-3H2,(H,29,32)(H,27,28,30). The zero-order valence-corrected chi connectivity index (χ0v) is 17.7. The fourth-order valence-corrected chi connectivity index (χ4v) is 4.07. The highest BCUT2D eigenvalue weighted by Crippen LogP contribution is 2.36. The number of nitrogens with one attached hydrogen (secondary N) is 2. The first-order chi connectivity index (χ1) is 16.2. The second-order valence-electron chi connectivity index (χ2n) is 8.23. The molecule has 2 N–H and O–H groups in total. The summed E-state index contributed by atoms with van der Waals surface area (Å²) in [4.78, 5) is 21.3. The summed E-state index contributed by atoms with van der Waals surface area (Å²) in [5, 5.41) is 14.7. The van der Waals surface area contributed by atoms with Gasteiger partial charge >= 0.3 is 0 Å². The van der Waals surface area contributed by atoms with Gasteiger partial charge in [0.25, 0.3) is 5.91 Å². The number of carbonyl (C=O) groups is 1. The number of anilines is 1. The van der Waals surface area contributed by atoms with Crippen molar-refractivity contribution in [3.8, 4) is 22.3 Å². The van der Waals surface area contributed by atoms with E-state index >= 15 is 0 Å². The molecule has 1 aliphatic rings. The van der Waals surface area contributed by atoms with Crippen LogP contribution in [0.4, 0.5) is 5.69 Å². The lowest BCUT2D eigenvalue weighted by Gasteiger charge is -2.21. The highest BCUT2D eigenvalue weighted by molar-refractivity contribution is 6.03. The average molecular weight is 436 g/mol. The lowest BCUT2D eigenvalue weighted by atomic mass is 9.83. The summed E-state index contributed by atoms with van der Waals surface area (Å²) in [6, 6.07) is 13.4. The van der Waals surface area contributed by atoms with Crippen LogP contribution < -0.4 is 5.32 Å². The van der Waals surface area contributed by atoms with E-state index in [1.54, 1.807) is 18.5 Å². The molecule has 162 valence electrons. The van der Waals surface area contributed by atoms with Crippen LogP contribution in [0, 0.1) is 0 Å². The molecule has 1 aliphatic carbocycles. The number of pyridine rings is 2. The Labute approximate surface area is 189 Å². The van der Waals surface area contributed by atoms with E-state index in [0.29, 0.717) is 17.3 Å². The van der Waals surface area contributed by atoms with Crippen molar-refractivity contribution < 1.29 is 9.32 Å². The smallest absolute Gasteiger partial charge is 0.277 e. The van der Waals surface area contributed by atoms with Crippen molar-refractivity contribution in [1.29, 1.82) is 0 Å². The Morgan fingerprint density at radius 3 is 2.67 bits per heavy atom. The number of hydrogen-bond donors (Lipinski definition) is 2. The summed E-state index contributed by atoms with van der Waals surface area (Å²) < 4.78 is 5.35. The minimum Gasteiger partial charge on any atom is -0.360 e. The molecule has 4 heterocycles. The van der Waals surface area contributed by atoms with Gasteiger partial charge in [0.2, 0.25) is 0 Å². The van der Waals surface area contributed by atoms with Crippen LogP contribution in [0.5, 0.6) is 0 Å². The number of aromatic nitrogens is 5. The van der Waals surface area contributed by atoms with E-state index in [2.05, 4.69) is 36.7 Å². The van der Waals surface area contributed by atoms with Crippen LogP contribution >= 0.6 is 0 Å². The number of benzene rings is 1. The topological polar surface area (TPSA) is 110 Å². The summed E-state index contributed by atoms with van der Waals surface area (Å²) in [6.07, 6.45) is 10.6. The lowest BCUT2D eigenvalue weighted by Crippen LogP contribution is -2.12. The van der Waals surface area contributed by atoms with Gasteiger partial charge in [0.1, 0.15) is 5.76 Å². The Hall–Kier alpha value is -4.33. The molecular weight excluding hydrogens is 416 g/mol. The molecule has 0 saturated heterocycles. The van der Waals surface area contributed by atoms with E-state index in [1.807, 2.05) is 42.7 Å². The van der Waals surface area contributed by atoms with Gasteiger partial charge in [-0.1, -0.05) is 23.7 Å². The van der Waals surface area contributed by atoms with Crippen molar-refractivity contribution in [3.05, 3.63) is 78.7 Å². The largest absolute Gasteiger partial charge is 0.360 e. The van der Waals surface area contributed by atoms with Gasteiger partial charge in [-0.25, -0.2) is 4.98 Å². The SMILES string of the molecule is O=C(Nc1ccc(-c2cncc(-c3ccnc4[nH]ncc34)c2)cc1)c1cc(C2CCC2)on1. The first-order valence-electron chi connectivity index (χ1n) is 10.9. The van der Waals surface area contributed by atoms with Gasteiger partial charge in [-0.05, 0) is 48.2 Å². The van der Waals surface area contributed by atoms with E-state index in [-0.39, 0.29) is 5.91 Å². The third kappa shape index (κ3) is 3.65. The third-order valence-electron chi connectivity index (χ3n) is 6.15. The molecule has 0 bridgehead atoms. The van der Waals surface area contributed by atoms with Gasteiger partial charge in [-0.2, -0.15) is 5.10 Å². The van der Waals surface area contributed by atoms with Crippen molar-refractivity contribution in [2.45, 2.75) is 25.2 Å². The van der Waals surface area contributed by atoms with E-state index in [9.17, 15) is 4.79 Å². The number of carbonyl (C=O) groups excluding carboxylic acids is 1. The first-order valence-corrected chi connectivity index (χ1v) is 10.9. The van der Waals surface area contributed by atoms with Gasteiger partial charge < -0.3 is 9.84 Å². The van der Waals surface area contributed by atoms with Crippen molar-refractivity contribution in [1.82, 2.24) is 25.3 Å². The average Bonchev–Trinajstić information content (AvgIpc) is 3.48. The minimum atomic E-state index is -0.275. The Balaban J connectivity index is 1.21. The van der Waals surface area contributed by atoms with Crippen molar-refractivity contribution in [2.75, 3.05) is 5.32 Å². The molecule has 0 aliphatic heterocycles. The van der Waals surface area contributed by atoms with Crippen LogP contribution in [0.1, 0.15) is 41.4 Å². The number of H-pyrrole nitrogens is 1. The first kappa shape index (κ1) is 19.4. The van der Waals surface area contributed by atoms with Crippen molar-refractivity contribution >= 4 is 22.6 Å². The number of rotatable bonds is 5. The molecule has 1 aromatic carbocycles. The Kier molecular flexibility index (Phi) is 4.68. The minimum absolute atomic E-state index is 0.275. The maximum absolute atomic E-state index is 12.5. The number of amides is 1. The number of hydrogen-bond acceptors (Lipinski definition) is 6. The van der Waals surface area contributed by atoms with Crippen LogP contribution in [-0.4, -0.2) is 31.2 Å². The number of fused-ring (bicyclic) bond motifs is 1. The summed E-state index contributed by atoms with van der Waals surface area (Å²) in [5.74, 6) is 0.929. The Bertz CT molecular complexity index is 1450. The van der Waals surface area contributed by atoms with Crippen LogP contribution in [0.3, 0.4) is 0 Å². The monoisotopic (exact) mass is 436 g/mol. The Morgan fingerprint density at radius 2 is 1.85 bits per heavy atom. The normalized spacial score (nSPS) is 13.7. The molecule has 8 heteroatoms. The van der Waals surface area contributed by atoms with Crippen LogP contribution in [0.25, 0.3) is 33.3 Å². The maximum atomic E-state index is 12.5. The molecular formula is C25H20N6O2. The summed E-state index contributed by atoms with van der Waals surface area (Å²) >= 11 is 0. The molecule has 1 saturated carbocycles. The fraction of sp³-hybridized carbons (Fsp3) is 0.160. The van der Waals surface area contributed by atoms with Gasteiger partial charge in [-0.3, -0.25) is 14.9 Å². The highest BCUT2D eigenvalue weighted by atomic mass is 16.5. The van der Waals surface area contributed by atoms with Crippen LogP contribution in [-0.2, 0) is 0 Å². The van der Waals surface area contributed by atoms with Gasteiger partial charge in [-0.15, -0.1) is 0 Å². The second-order valence-corrected chi connectivity index (χ2v) is 8.23. The predicted molar refractivity (Wildman–Crippen MR) is 124 cm³/mol. The summed E-state index contributed by atoms with van der Waals surface area (Å²) in [7, 11) is 0. The second kappa shape index (κ2) is 7.98. The molecule has 6 rings (SSSR count). The van der Waals surface area contributed by atoms with Gasteiger partial charge in [0.15, 0.2) is 11.3 Å². The maximum Gasteiger partial charge on any atom is 0.277 e. The van der Waals surface area contributed by atoms with E-state index in [1.165, 1.54) is 6.42 Å². The zero-order chi connectivity index (χ0) is 22.2. The molecule has 4 aromatic heterocycles. The molecule has 0 radical (unpaired) electrons. The third-order valence-corrected chi connectivity index (χ3v) is 6.15. The molecule has 5 aromatic rings. The molecule has 8 nitrogen and oxygen atoms in total. The van der Waals surface area contributed by atoms with Crippen LogP contribution in [0.15, 0.2) is 71.8 Å². The molecule has 1 amide bonds.